The van der Waals surface area contributed by atoms with Crippen molar-refractivity contribution in [1.29, 1.82) is 0 Å². The van der Waals surface area contributed by atoms with Gasteiger partial charge in [0.1, 0.15) is 6.61 Å². The number of amides is 3. The molecule has 174 valence electrons. The smallest absolute Gasteiger partial charge is 0.307 e. The first kappa shape index (κ1) is 23.7. The molecule has 0 saturated heterocycles. The van der Waals surface area contributed by atoms with E-state index in [2.05, 4.69) is 5.32 Å². The highest BCUT2D eigenvalue weighted by atomic mass is 16.5. The molecule has 0 spiro atoms. The number of anilines is 1. The van der Waals surface area contributed by atoms with Crippen molar-refractivity contribution in [2.24, 2.45) is 0 Å². The van der Waals surface area contributed by atoms with Crippen molar-refractivity contribution in [1.82, 2.24) is 4.90 Å². The Kier molecular flexibility index (Phi) is 7.29. The van der Waals surface area contributed by atoms with E-state index in [9.17, 15) is 19.2 Å². The van der Waals surface area contributed by atoms with E-state index < -0.39 is 36.3 Å². The minimum atomic E-state index is -1.00. The normalized spacial score (nSPS) is 13.4. The van der Waals surface area contributed by atoms with Crippen LogP contribution in [0.15, 0.2) is 36.4 Å². The number of carbonyl (C=O) groups excluding carboxylic acids is 4. The molecule has 0 fully saturated rings. The summed E-state index contributed by atoms with van der Waals surface area (Å²) >= 11 is 0. The topological polar surface area (TPSA) is 131 Å². The van der Waals surface area contributed by atoms with Gasteiger partial charge in [0, 0.05) is 0 Å². The van der Waals surface area contributed by atoms with E-state index in [1.165, 1.54) is 32.4 Å². The molecule has 0 saturated carbocycles. The lowest BCUT2D eigenvalue weighted by atomic mass is 10.0. The monoisotopic (exact) mass is 456 g/mol. The summed E-state index contributed by atoms with van der Waals surface area (Å²) in [6.45, 7) is 1.36. The number of aliphatic hydroxyl groups excluding tert-OH is 1. The third-order valence-corrected chi connectivity index (χ3v) is 5.14. The number of carbonyl (C=O) groups is 4. The number of benzene rings is 2. The lowest BCUT2D eigenvalue weighted by molar-refractivity contribution is -0.141. The Morgan fingerprint density at radius 1 is 1.09 bits per heavy atom. The summed E-state index contributed by atoms with van der Waals surface area (Å²) in [4.78, 5) is 51.5. The molecule has 1 aliphatic heterocycles. The fourth-order valence-corrected chi connectivity index (χ4v) is 3.65. The van der Waals surface area contributed by atoms with E-state index in [4.69, 9.17) is 19.3 Å². The zero-order chi connectivity index (χ0) is 24.1. The van der Waals surface area contributed by atoms with Gasteiger partial charge in [0.15, 0.2) is 11.5 Å². The number of hydrogen-bond acceptors (Lipinski definition) is 8. The minimum absolute atomic E-state index is 0.0160. The lowest BCUT2D eigenvalue weighted by Gasteiger charge is -2.26. The average Bonchev–Trinajstić information content (AvgIpc) is 3.08. The first-order valence-electron chi connectivity index (χ1n) is 10.1. The molecule has 0 radical (unpaired) electrons. The summed E-state index contributed by atoms with van der Waals surface area (Å²) < 4.78 is 15.7. The molecule has 33 heavy (non-hydrogen) atoms. The Balaban J connectivity index is 2.08. The van der Waals surface area contributed by atoms with E-state index in [0.717, 1.165) is 4.90 Å². The number of methoxy groups -OCH3 is 2. The van der Waals surface area contributed by atoms with Gasteiger partial charge in [0.05, 0.1) is 50.1 Å². The second kappa shape index (κ2) is 10.1. The SMILES string of the molecule is CCOc1cc(C(CC(=O)OC)N2C(=O)c3cccc(NC(=O)CO)c3C2=O)ccc1OC. The number of nitrogens with one attached hydrogen (secondary N) is 1. The van der Waals surface area contributed by atoms with Gasteiger partial charge >= 0.3 is 5.97 Å². The van der Waals surface area contributed by atoms with Crippen LogP contribution in [0.5, 0.6) is 11.5 Å². The van der Waals surface area contributed by atoms with Crippen LogP contribution in [0.4, 0.5) is 5.69 Å². The fraction of sp³-hybridized carbons (Fsp3) is 0.304. The Hall–Kier alpha value is -3.92. The van der Waals surface area contributed by atoms with Gasteiger partial charge in [-0.2, -0.15) is 0 Å². The van der Waals surface area contributed by atoms with Crippen molar-refractivity contribution in [3.8, 4) is 11.5 Å². The predicted molar refractivity (Wildman–Crippen MR) is 116 cm³/mol. The van der Waals surface area contributed by atoms with Crippen LogP contribution in [0.3, 0.4) is 0 Å². The molecular formula is C23H24N2O8. The van der Waals surface area contributed by atoms with Gasteiger partial charge in [0.25, 0.3) is 11.8 Å². The summed E-state index contributed by atoms with van der Waals surface area (Å²) in [6, 6.07) is 8.28. The van der Waals surface area contributed by atoms with Crippen LogP contribution in [0.25, 0.3) is 0 Å². The molecule has 2 aromatic carbocycles. The molecule has 1 atom stereocenters. The number of hydrogen-bond donors (Lipinski definition) is 2. The number of imide groups is 1. The largest absolute Gasteiger partial charge is 0.493 e. The molecule has 3 rings (SSSR count). The average molecular weight is 456 g/mol. The molecule has 0 bridgehead atoms. The molecule has 1 aliphatic rings. The summed E-state index contributed by atoms with van der Waals surface area (Å²) in [6.07, 6.45) is -0.293. The van der Waals surface area contributed by atoms with E-state index >= 15 is 0 Å². The third kappa shape index (κ3) is 4.65. The van der Waals surface area contributed by atoms with Crippen molar-refractivity contribution in [3.05, 3.63) is 53.1 Å². The lowest BCUT2D eigenvalue weighted by Crippen LogP contribution is -2.35. The van der Waals surface area contributed by atoms with Crippen LogP contribution < -0.4 is 14.8 Å². The van der Waals surface area contributed by atoms with Gasteiger partial charge in [-0.15, -0.1) is 0 Å². The van der Waals surface area contributed by atoms with Crippen LogP contribution in [0.2, 0.25) is 0 Å². The maximum atomic E-state index is 13.4. The van der Waals surface area contributed by atoms with E-state index in [-0.39, 0.29) is 23.2 Å². The quantitative estimate of drug-likeness (QED) is 0.432. The maximum absolute atomic E-state index is 13.4. The zero-order valence-corrected chi connectivity index (χ0v) is 18.4. The first-order chi connectivity index (χ1) is 15.9. The molecule has 0 aliphatic carbocycles. The van der Waals surface area contributed by atoms with Crippen molar-refractivity contribution in [2.45, 2.75) is 19.4 Å². The second-order valence-corrected chi connectivity index (χ2v) is 7.05. The Morgan fingerprint density at radius 3 is 2.48 bits per heavy atom. The summed E-state index contributed by atoms with van der Waals surface area (Å²) in [5.74, 6) is -1.83. The molecule has 10 heteroatoms. The molecule has 2 aromatic rings. The van der Waals surface area contributed by atoms with Gasteiger partial charge < -0.3 is 24.6 Å². The maximum Gasteiger partial charge on any atom is 0.307 e. The fourth-order valence-electron chi connectivity index (χ4n) is 3.65. The van der Waals surface area contributed by atoms with E-state index in [1.807, 2.05) is 0 Å². The highest BCUT2D eigenvalue weighted by Crippen LogP contribution is 2.39. The van der Waals surface area contributed by atoms with Gasteiger partial charge in [-0.05, 0) is 36.8 Å². The minimum Gasteiger partial charge on any atom is -0.493 e. The standard InChI is InChI=1S/C23H24N2O8/c1-4-33-18-10-13(8-9-17(18)31-2)16(11-20(28)32-3)25-22(29)14-6-5-7-15(21(14)23(25)30)24-19(27)12-26/h5-10,16,26H,4,11-12H2,1-3H3,(H,24,27). The van der Waals surface area contributed by atoms with Crippen LogP contribution in [0.1, 0.15) is 45.7 Å². The molecule has 1 unspecified atom stereocenters. The molecule has 1 heterocycles. The molecule has 2 N–H and O–H groups in total. The molecule has 10 nitrogen and oxygen atoms in total. The molecule has 3 amide bonds. The number of fused-ring (bicyclic) bond motifs is 1. The first-order valence-corrected chi connectivity index (χ1v) is 10.1. The van der Waals surface area contributed by atoms with Gasteiger partial charge in [-0.25, -0.2) is 0 Å². The van der Waals surface area contributed by atoms with Crippen LogP contribution >= 0.6 is 0 Å². The number of nitrogens with zero attached hydrogens (tertiary/aromatic N) is 1. The van der Waals surface area contributed by atoms with Crippen molar-refractivity contribution in [3.63, 3.8) is 0 Å². The summed E-state index contributed by atoms with van der Waals surface area (Å²) in [5.41, 5.74) is 0.607. The number of ether oxygens (including phenoxy) is 3. The Morgan fingerprint density at radius 2 is 1.85 bits per heavy atom. The van der Waals surface area contributed by atoms with Crippen LogP contribution in [0, 0.1) is 0 Å². The highest BCUT2D eigenvalue weighted by molar-refractivity contribution is 6.24. The summed E-state index contributed by atoms with van der Waals surface area (Å²) in [7, 11) is 2.69. The summed E-state index contributed by atoms with van der Waals surface area (Å²) in [5, 5.41) is 11.5. The van der Waals surface area contributed by atoms with E-state index in [0.29, 0.717) is 23.7 Å². The molecule has 0 aromatic heterocycles. The number of aliphatic hydroxyl groups is 1. The second-order valence-electron chi connectivity index (χ2n) is 7.05. The zero-order valence-electron chi connectivity index (χ0n) is 18.4. The third-order valence-electron chi connectivity index (χ3n) is 5.14. The highest BCUT2D eigenvalue weighted by Gasteiger charge is 2.43. The van der Waals surface area contributed by atoms with Crippen molar-refractivity contribution < 1.29 is 38.5 Å². The van der Waals surface area contributed by atoms with Crippen molar-refractivity contribution >= 4 is 29.4 Å². The molecular weight excluding hydrogens is 432 g/mol. The van der Waals surface area contributed by atoms with Gasteiger partial charge in [-0.1, -0.05) is 12.1 Å². The predicted octanol–water partition coefficient (Wildman–Crippen LogP) is 1.93. The van der Waals surface area contributed by atoms with Crippen LogP contribution in [-0.4, -0.2) is 61.1 Å². The number of esters is 1. The van der Waals surface area contributed by atoms with Crippen molar-refractivity contribution in [2.75, 3.05) is 32.8 Å². The van der Waals surface area contributed by atoms with E-state index in [1.54, 1.807) is 25.1 Å². The Labute approximate surface area is 190 Å². The Bertz CT molecular complexity index is 1100. The van der Waals surface area contributed by atoms with Crippen LogP contribution in [-0.2, 0) is 14.3 Å². The number of rotatable bonds is 9. The van der Waals surface area contributed by atoms with Gasteiger partial charge in [0.2, 0.25) is 5.91 Å². The van der Waals surface area contributed by atoms with Gasteiger partial charge in [-0.3, -0.25) is 24.1 Å².